The van der Waals surface area contributed by atoms with Gasteiger partial charge in [-0.3, -0.25) is 14.5 Å². The molecule has 0 spiro atoms. The monoisotopic (exact) mass is 385 g/mol. The van der Waals surface area contributed by atoms with E-state index in [4.69, 9.17) is 0 Å². The van der Waals surface area contributed by atoms with Crippen LogP contribution in [0.1, 0.15) is 42.2 Å². The van der Waals surface area contributed by atoms with E-state index in [9.17, 15) is 9.59 Å². The van der Waals surface area contributed by atoms with Crippen LogP contribution < -0.4 is 5.32 Å². The van der Waals surface area contributed by atoms with Gasteiger partial charge in [0.15, 0.2) is 0 Å². The van der Waals surface area contributed by atoms with E-state index in [2.05, 4.69) is 10.2 Å². The zero-order valence-corrected chi connectivity index (χ0v) is 16.7. The second kappa shape index (κ2) is 9.15. The number of carbonyl (C=O) groups is 2. The molecule has 1 N–H and O–H groups in total. The van der Waals surface area contributed by atoms with Crippen molar-refractivity contribution in [3.05, 3.63) is 58.3 Å². The minimum absolute atomic E-state index is 0.0233. The van der Waals surface area contributed by atoms with E-state index in [0.29, 0.717) is 13.1 Å². The van der Waals surface area contributed by atoms with Crippen molar-refractivity contribution < 1.29 is 9.59 Å². The number of nitrogens with one attached hydrogen (secondary N) is 1. The van der Waals surface area contributed by atoms with Gasteiger partial charge in [-0.2, -0.15) is 11.3 Å². The second-order valence-electron chi connectivity index (χ2n) is 7.01. The molecule has 1 aliphatic rings. The molecule has 1 aliphatic heterocycles. The number of nitrogens with zero attached hydrogens (tertiary/aromatic N) is 2. The van der Waals surface area contributed by atoms with E-state index in [0.717, 1.165) is 30.6 Å². The molecule has 2 aromatic rings. The standard InChI is InChI=1S/C21H27N3O2S/c1-16(18-7-4-3-5-8-18)22-20(25)17(2)23-10-6-11-24(13-12-23)21(26)19-9-14-27-15-19/h3-5,7-9,14-17H,6,10-13H2,1-2H3,(H,22,25). The molecule has 2 amide bonds. The minimum atomic E-state index is -0.215. The van der Waals surface area contributed by atoms with Crippen LogP contribution >= 0.6 is 11.3 Å². The van der Waals surface area contributed by atoms with E-state index in [1.165, 1.54) is 11.3 Å². The van der Waals surface area contributed by atoms with Crippen molar-refractivity contribution in [2.45, 2.75) is 32.4 Å². The van der Waals surface area contributed by atoms with Crippen LogP contribution in [0.4, 0.5) is 0 Å². The third kappa shape index (κ3) is 4.96. The van der Waals surface area contributed by atoms with E-state index in [1.807, 2.05) is 65.9 Å². The molecule has 3 rings (SSSR count). The Morgan fingerprint density at radius 1 is 1.04 bits per heavy atom. The smallest absolute Gasteiger partial charge is 0.254 e. The molecule has 0 radical (unpaired) electrons. The lowest BCUT2D eigenvalue weighted by Crippen LogP contribution is -2.47. The highest BCUT2D eigenvalue weighted by Crippen LogP contribution is 2.15. The summed E-state index contributed by atoms with van der Waals surface area (Å²) in [5.41, 5.74) is 1.86. The number of thiophene rings is 1. The van der Waals surface area contributed by atoms with E-state index < -0.39 is 0 Å². The lowest BCUT2D eigenvalue weighted by atomic mass is 10.1. The number of hydrogen-bond acceptors (Lipinski definition) is 4. The highest BCUT2D eigenvalue weighted by Gasteiger charge is 2.26. The lowest BCUT2D eigenvalue weighted by Gasteiger charge is -2.28. The summed E-state index contributed by atoms with van der Waals surface area (Å²) in [6, 6.07) is 11.6. The van der Waals surface area contributed by atoms with Gasteiger partial charge in [0, 0.05) is 31.6 Å². The molecule has 27 heavy (non-hydrogen) atoms. The highest BCUT2D eigenvalue weighted by atomic mass is 32.1. The van der Waals surface area contributed by atoms with Gasteiger partial charge in [-0.25, -0.2) is 0 Å². The van der Waals surface area contributed by atoms with Gasteiger partial charge in [0.1, 0.15) is 0 Å². The first-order chi connectivity index (χ1) is 13.1. The van der Waals surface area contributed by atoms with E-state index in [1.54, 1.807) is 0 Å². The van der Waals surface area contributed by atoms with Gasteiger partial charge in [0.25, 0.3) is 5.91 Å². The van der Waals surface area contributed by atoms with Crippen LogP contribution in [0.3, 0.4) is 0 Å². The molecule has 1 aromatic heterocycles. The number of benzene rings is 1. The SMILES string of the molecule is CC(NC(=O)C(C)N1CCCN(C(=O)c2ccsc2)CC1)c1ccccc1. The summed E-state index contributed by atoms with van der Waals surface area (Å²) in [6.45, 7) is 6.87. The summed E-state index contributed by atoms with van der Waals surface area (Å²) >= 11 is 1.54. The fraction of sp³-hybridized carbons (Fsp3) is 0.429. The summed E-state index contributed by atoms with van der Waals surface area (Å²) in [7, 11) is 0. The second-order valence-corrected chi connectivity index (χ2v) is 7.79. The summed E-state index contributed by atoms with van der Waals surface area (Å²) in [4.78, 5) is 29.3. The summed E-state index contributed by atoms with van der Waals surface area (Å²) in [5, 5.41) is 6.93. The quantitative estimate of drug-likeness (QED) is 0.860. The van der Waals surface area contributed by atoms with Crippen molar-refractivity contribution in [2.75, 3.05) is 26.2 Å². The summed E-state index contributed by atoms with van der Waals surface area (Å²) in [6.07, 6.45) is 0.877. The van der Waals surface area contributed by atoms with Crippen molar-refractivity contribution >= 4 is 23.2 Å². The summed E-state index contributed by atoms with van der Waals surface area (Å²) < 4.78 is 0. The van der Waals surface area contributed by atoms with Crippen LogP contribution in [0, 0.1) is 0 Å². The largest absolute Gasteiger partial charge is 0.348 e. The molecule has 6 heteroatoms. The number of rotatable bonds is 5. The van der Waals surface area contributed by atoms with Crippen molar-refractivity contribution in [1.82, 2.24) is 15.1 Å². The molecule has 2 heterocycles. The van der Waals surface area contributed by atoms with Crippen LogP contribution in [-0.2, 0) is 4.79 Å². The third-order valence-corrected chi connectivity index (χ3v) is 5.85. The fourth-order valence-electron chi connectivity index (χ4n) is 3.42. The summed E-state index contributed by atoms with van der Waals surface area (Å²) in [5.74, 6) is 0.122. The average Bonchev–Trinajstić information content (AvgIpc) is 3.12. The Kier molecular flexibility index (Phi) is 6.63. The molecule has 0 bridgehead atoms. The molecule has 1 fully saturated rings. The molecule has 1 saturated heterocycles. The number of carbonyl (C=O) groups excluding carboxylic acids is 2. The molecular weight excluding hydrogens is 358 g/mol. The molecule has 0 aliphatic carbocycles. The first-order valence-corrected chi connectivity index (χ1v) is 10.4. The van der Waals surface area contributed by atoms with Gasteiger partial charge in [-0.05, 0) is 37.3 Å². The Morgan fingerprint density at radius 3 is 2.52 bits per heavy atom. The molecule has 2 unspecified atom stereocenters. The van der Waals surface area contributed by atoms with Gasteiger partial charge in [-0.1, -0.05) is 30.3 Å². The zero-order chi connectivity index (χ0) is 19.2. The Bertz CT molecular complexity index is 748. The maximum Gasteiger partial charge on any atom is 0.254 e. The maximum atomic E-state index is 12.7. The van der Waals surface area contributed by atoms with Crippen molar-refractivity contribution in [1.29, 1.82) is 0 Å². The van der Waals surface area contributed by atoms with Crippen LogP contribution in [0.5, 0.6) is 0 Å². The maximum absolute atomic E-state index is 12.7. The van der Waals surface area contributed by atoms with Crippen LogP contribution in [0.15, 0.2) is 47.2 Å². The van der Waals surface area contributed by atoms with Gasteiger partial charge >= 0.3 is 0 Å². The van der Waals surface area contributed by atoms with Crippen molar-refractivity contribution in [2.24, 2.45) is 0 Å². The molecule has 0 saturated carbocycles. The van der Waals surface area contributed by atoms with Crippen LogP contribution in [0.25, 0.3) is 0 Å². The topological polar surface area (TPSA) is 52.7 Å². The highest BCUT2D eigenvalue weighted by molar-refractivity contribution is 7.08. The minimum Gasteiger partial charge on any atom is -0.348 e. The van der Waals surface area contributed by atoms with Crippen molar-refractivity contribution in [3.63, 3.8) is 0 Å². The average molecular weight is 386 g/mol. The Hall–Kier alpha value is -2.18. The molecule has 144 valence electrons. The Balaban J connectivity index is 1.55. The van der Waals surface area contributed by atoms with Gasteiger partial charge in [0.05, 0.1) is 17.6 Å². The first kappa shape index (κ1) is 19.6. The Labute approximate surface area is 165 Å². The molecule has 1 aromatic carbocycles. The van der Waals surface area contributed by atoms with Gasteiger partial charge in [0.2, 0.25) is 5.91 Å². The predicted octanol–water partition coefficient (Wildman–Crippen LogP) is 3.16. The van der Waals surface area contributed by atoms with Crippen LogP contribution in [0.2, 0.25) is 0 Å². The Morgan fingerprint density at radius 2 is 1.81 bits per heavy atom. The lowest BCUT2D eigenvalue weighted by molar-refractivity contribution is -0.126. The normalized spacial score (nSPS) is 17.8. The van der Waals surface area contributed by atoms with Gasteiger partial charge in [-0.15, -0.1) is 0 Å². The molecule has 2 atom stereocenters. The van der Waals surface area contributed by atoms with E-state index in [-0.39, 0.29) is 23.9 Å². The van der Waals surface area contributed by atoms with Gasteiger partial charge < -0.3 is 10.2 Å². The van der Waals surface area contributed by atoms with Crippen molar-refractivity contribution in [3.8, 4) is 0 Å². The number of amides is 2. The zero-order valence-electron chi connectivity index (χ0n) is 15.9. The van der Waals surface area contributed by atoms with E-state index >= 15 is 0 Å². The molecule has 5 nitrogen and oxygen atoms in total. The fourth-order valence-corrected chi connectivity index (χ4v) is 4.05. The first-order valence-electron chi connectivity index (χ1n) is 9.47. The molecular formula is C21H27N3O2S. The third-order valence-electron chi connectivity index (χ3n) is 5.17. The van der Waals surface area contributed by atoms with Crippen LogP contribution in [-0.4, -0.2) is 53.8 Å². The predicted molar refractivity (Wildman–Crippen MR) is 109 cm³/mol. The number of hydrogen-bond donors (Lipinski definition) is 1.